The maximum absolute atomic E-state index is 11.0. The van der Waals surface area contributed by atoms with Crippen molar-refractivity contribution in [2.45, 2.75) is 6.54 Å². The molecule has 2 rings (SSSR count). The van der Waals surface area contributed by atoms with Crippen molar-refractivity contribution in [2.24, 2.45) is 0 Å². The van der Waals surface area contributed by atoms with Crippen LogP contribution in [0.2, 0.25) is 0 Å². The zero-order valence-corrected chi connectivity index (χ0v) is 7.19. The number of carbonyl (C=O) groups is 1. The lowest BCUT2D eigenvalue weighted by molar-refractivity contribution is -0.124. The molecule has 1 aromatic heterocycles. The summed E-state index contributed by atoms with van der Waals surface area (Å²) in [6, 6.07) is 0. The Morgan fingerprint density at radius 3 is 3.31 bits per heavy atom. The van der Waals surface area contributed by atoms with E-state index in [0.717, 1.165) is 18.8 Å². The third-order valence-electron chi connectivity index (χ3n) is 1.99. The minimum atomic E-state index is 0.0785. The molecule has 0 spiro atoms. The van der Waals surface area contributed by atoms with Crippen LogP contribution in [-0.2, 0) is 11.3 Å². The van der Waals surface area contributed by atoms with E-state index in [1.165, 1.54) is 6.39 Å². The van der Waals surface area contributed by atoms with Gasteiger partial charge in [0.15, 0.2) is 6.39 Å². The molecule has 13 heavy (non-hydrogen) atoms. The van der Waals surface area contributed by atoms with Crippen molar-refractivity contribution >= 4 is 5.91 Å². The highest BCUT2D eigenvalue weighted by atomic mass is 16.3. The van der Waals surface area contributed by atoms with E-state index in [1.807, 2.05) is 4.90 Å². The highest BCUT2D eigenvalue weighted by Crippen LogP contribution is 2.02. The van der Waals surface area contributed by atoms with Gasteiger partial charge in [-0.05, 0) is 0 Å². The first kappa shape index (κ1) is 8.25. The van der Waals surface area contributed by atoms with Gasteiger partial charge in [-0.3, -0.25) is 9.69 Å². The van der Waals surface area contributed by atoms with Gasteiger partial charge in [0.05, 0.1) is 12.2 Å². The van der Waals surface area contributed by atoms with Crippen molar-refractivity contribution in [3.8, 4) is 0 Å². The summed E-state index contributed by atoms with van der Waals surface area (Å²) in [5.74, 6) is 0.0785. The van der Waals surface area contributed by atoms with Crippen LogP contribution in [0, 0.1) is 0 Å². The molecule has 0 saturated carbocycles. The lowest BCUT2D eigenvalue weighted by Gasteiger charge is -2.25. The predicted octanol–water partition coefficient (Wildman–Crippen LogP) is -0.394. The number of rotatable bonds is 2. The summed E-state index contributed by atoms with van der Waals surface area (Å²) in [5, 5.41) is 2.77. The molecule has 1 saturated heterocycles. The molecule has 0 radical (unpaired) electrons. The van der Waals surface area contributed by atoms with Gasteiger partial charge in [-0.1, -0.05) is 0 Å². The van der Waals surface area contributed by atoms with E-state index in [2.05, 4.69) is 10.3 Å². The molecule has 70 valence electrons. The van der Waals surface area contributed by atoms with Gasteiger partial charge in [-0.15, -0.1) is 0 Å². The summed E-state index contributed by atoms with van der Waals surface area (Å²) in [5.41, 5.74) is 0.870. The molecule has 0 aliphatic carbocycles. The van der Waals surface area contributed by atoms with Crippen LogP contribution in [-0.4, -0.2) is 35.4 Å². The zero-order chi connectivity index (χ0) is 9.10. The maximum atomic E-state index is 11.0. The summed E-state index contributed by atoms with van der Waals surface area (Å²) in [6.45, 7) is 2.73. The molecule has 1 aromatic rings. The van der Waals surface area contributed by atoms with Crippen LogP contribution in [0.15, 0.2) is 17.1 Å². The van der Waals surface area contributed by atoms with Gasteiger partial charge in [0.25, 0.3) is 0 Å². The van der Waals surface area contributed by atoms with Crippen molar-refractivity contribution in [3.63, 3.8) is 0 Å². The average Bonchev–Trinajstić information content (AvgIpc) is 2.57. The van der Waals surface area contributed by atoms with Crippen LogP contribution >= 0.6 is 0 Å². The largest absolute Gasteiger partial charge is 0.451 e. The smallest absolute Gasteiger partial charge is 0.234 e. The number of piperazine rings is 1. The number of hydrogen-bond acceptors (Lipinski definition) is 4. The first-order chi connectivity index (χ1) is 6.34. The van der Waals surface area contributed by atoms with Crippen LogP contribution in [0.5, 0.6) is 0 Å². The Morgan fingerprint density at radius 2 is 2.62 bits per heavy atom. The van der Waals surface area contributed by atoms with E-state index in [1.54, 1.807) is 6.26 Å². The first-order valence-electron chi connectivity index (χ1n) is 4.21. The van der Waals surface area contributed by atoms with Crippen LogP contribution in [0.1, 0.15) is 5.69 Å². The summed E-state index contributed by atoms with van der Waals surface area (Å²) in [4.78, 5) is 17.0. The highest BCUT2D eigenvalue weighted by molar-refractivity contribution is 5.78. The second-order valence-electron chi connectivity index (χ2n) is 3.04. The van der Waals surface area contributed by atoms with E-state index in [4.69, 9.17) is 4.42 Å². The average molecular weight is 181 g/mol. The molecule has 1 aliphatic heterocycles. The quantitative estimate of drug-likeness (QED) is 0.674. The summed E-state index contributed by atoms with van der Waals surface area (Å²) >= 11 is 0. The molecule has 1 fully saturated rings. The van der Waals surface area contributed by atoms with Gasteiger partial charge in [-0.2, -0.15) is 0 Å². The number of nitrogens with one attached hydrogen (secondary N) is 1. The van der Waals surface area contributed by atoms with Crippen LogP contribution in [0.4, 0.5) is 0 Å². The molecular formula is C8H11N3O2. The number of carbonyl (C=O) groups excluding carboxylic acids is 1. The Kier molecular flexibility index (Phi) is 2.27. The van der Waals surface area contributed by atoms with Gasteiger partial charge >= 0.3 is 0 Å². The zero-order valence-electron chi connectivity index (χ0n) is 7.19. The van der Waals surface area contributed by atoms with Gasteiger partial charge in [0.1, 0.15) is 6.26 Å². The topological polar surface area (TPSA) is 58.4 Å². The first-order valence-corrected chi connectivity index (χ1v) is 4.21. The highest BCUT2D eigenvalue weighted by Gasteiger charge is 2.16. The van der Waals surface area contributed by atoms with Crippen molar-refractivity contribution < 1.29 is 9.21 Å². The monoisotopic (exact) mass is 181 g/mol. The Morgan fingerprint density at radius 1 is 1.69 bits per heavy atom. The van der Waals surface area contributed by atoms with Gasteiger partial charge in [0.2, 0.25) is 5.91 Å². The van der Waals surface area contributed by atoms with Crippen molar-refractivity contribution in [1.29, 1.82) is 0 Å². The van der Waals surface area contributed by atoms with E-state index >= 15 is 0 Å². The molecule has 2 heterocycles. The van der Waals surface area contributed by atoms with E-state index in [9.17, 15) is 4.79 Å². The normalized spacial score (nSPS) is 18.6. The van der Waals surface area contributed by atoms with Gasteiger partial charge < -0.3 is 9.73 Å². The van der Waals surface area contributed by atoms with E-state index < -0.39 is 0 Å². The van der Waals surface area contributed by atoms with Crippen LogP contribution in [0.3, 0.4) is 0 Å². The van der Waals surface area contributed by atoms with Crippen molar-refractivity contribution in [3.05, 3.63) is 18.4 Å². The molecule has 0 atom stereocenters. The molecule has 5 heteroatoms. The molecule has 1 N–H and O–H groups in total. The fourth-order valence-electron chi connectivity index (χ4n) is 1.37. The fraction of sp³-hybridized carbons (Fsp3) is 0.500. The molecule has 0 bridgehead atoms. The number of aromatic nitrogens is 1. The number of nitrogens with zero attached hydrogens (tertiary/aromatic N) is 2. The Bertz CT molecular complexity index is 284. The third-order valence-corrected chi connectivity index (χ3v) is 1.99. The maximum Gasteiger partial charge on any atom is 0.234 e. The fourth-order valence-corrected chi connectivity index (χ4v) is 1.37. The lowest BCUT2D eigenvalue weighted by Crippen LogP contribution is -2.47. The molecule has 1 amide bonds. The second kappa shape index (κ2) is 3.57. The minimum Gasteiger partial charge on any atom is -0.451 e. The van der Waals surface area contributed by atoms with Crippen LogP contribution in [0.25, 0.3) is 0 Å². The Labute approximate surface area is 75.7 Å². The number of amides is 1. The number of hydrogen-bond donors (Lipinski definition) is 1. The molecule has 0 unspecified atom stereocenters. The Balaban J connectivity index is 1.91. The predicted molar refractivity (Wildman–Crippen MR) is 44.8 cm³/mol. The summed E-state index contributed by atoms with van der Waals surface area (Å²) in [6.07, 6.45) is 3.01. The van der Waals surface area contributed by atoms with Gasteiger partial charge in [-0.25, -0.2) is 4.98 Å². The third kappa shape index (κ3) is 2.06. The number of oxazole rings is 1. The SMILES string of the molecule is O=C1CN(Cc2cocn2)CCN1. The lowest BCUT2D eigenvalue weighted by atomic mass is 10.3. The second-order valence-corrected chi connectivity index (χ2v) is 3.04. The molecule has 1 aliphatic rings. The molecule has 0 aromatic carbocycles. The molecule has 5 nitrogen and oxygen atoms in total. The van der Waals surface area contributed by atoms with Crippen molar-refractivity contribution in [2.75, 3.05) is 19.6 Å². The van der Waals surface area contributed by atoms with E-state index in [0.29, 0.717) is 13.1 Å². The summed E-state index contributed by atoms with van der Waals surface area (Å²) < 4.78 is 4.84. The Hall–Kier alpha value is -1.36. The van der Waals surface area contributed by atoms with E-state index in [-0.39, 0.29) is 5.91 Å². The molecular weight excluding hydrogens is 170 g/mol. The summed E-state index contributed by atoms with van der Waals surface area (Å²) in [7, 11) is 0. The van der Waals surface area contributed by atoms with Crippen LogP contribution < -0.4 is 5.32 Å². The minimum absolute atomic E-state index is 0.0785. The van der Waals surface area contributed by atoms with Crippen molar-refractivity contribution in [1.82, 2.24) is 15.2 Å². The van der Waals surface area contributed by atoms with Gasteiger partial charge in [0, 0.05) is 19.6 Å². The standard InChI is InChI=1S/C8H11N3O2/c12-8-4-11(2-1-9-8)3-7-5-13-6-10-7/h5-6H,1-4H2,(H,9,12).